The van der Waals surface area contributed by atoms with Crippen LogP contribution in [0.5, 0.6) is 5.75 Å². The lowest BCUT2D eigenvalue weighted by molar-refractivity contribution is 0.0964. The van der Waals surface area contributed by atoms with Gasteiger partial charge in [-0.05, 0) is 36.8 Å². The van der Waals surface area contributed by atoms with Gasteiger partial charge in [-0.1, -0.05) is 0 Å². The van der Waals surface area contributed by atoms with Gasteiger partial charge in [0.05, 0.1) is 30.9 Å². The Kier molecular flexibility index (Phi) is 4.42. The fourth-order valence-corrected chi connectivity index (χ4v) is 3.17. The van der Waals surface area contributed by atoms with E-state index in [2.05, 4.69) is 25.7 Å². The highest BCUT2D eigenvalue weighted by Crippen LogP contribution is 2.35. The summed E-state index contributed by atoms with van der Waals surface area (Å²) in [5, 5.41) is 12.2. The maximum absolute atomic E-state index is 13.3. The number of carbonyl (C=O) groups is 1. The van der Waals surface area contributed by atoms with Crippen LogP contribution in [0.4, 0.5) is 27.4 Å². The number of aryl methyl sites for hydroxylation is 1. The zero-order valence-corrected chi connectivity index (χ0v) is 16.6. The number of hydrogen-bond donors (Lipinski definition) is 3. The second-order valence-electron chi connectivity index (χ2n) is 6.53. The molecule has 0 aliphatic carbocycles. The summed E-state index contributed by atoms with van der Waals surface area (Å²) < 4.78 is 42.8. The van der Waals surface area contributed by atoms with E-state index in [1.807, 2.05) is 12.2 Å². The molecule has 0 aliphatic rings. The van der Waals surface area contributed by atoms with Gasteiger partial charge in [-0.2, -0.15) is 5.10 Å². The van der Waals surface area contributed by atoms with Crippen LogP contribution < -0.4 is 20.7 Å². The first-order valence-corrected chi connectivity index (χ1v) is 9.14. The van der Waals surface area contributed by atoms with E-state index in [-0.39, 0.29) is 22.9 Å². The second kappa shape index (κ2) is 8.27. The van der Waals surface area contributed by atoms with Gasteiger partial charge in [0.1, 0.15) is 28.5 Å². The Morgan fingerprint density at radius 2 is 2.03 bits per heavy atom. The van der Waals surface area contributed by atoms with Crippen LogP contribution in [0.25, 0.3) is 5.52 Å². The number of halogens is 1. The highest BCUT2D eigenvalue weighted by atomic mass is 19.1. The highest BCUT2D eigenvalue weighted by molar-refractivity contribution is 6.05. The van der Waals surface area contributed by atoms with E-state index >= 15 is 0 Å². The summed E-state index contributed by atoms with van der Waals surface area (Å²) >= 11 is 0. The molecule has 4 aromatic rings. The maximum Gasteiger partial charge on any atom is 0.256 e. The Labute approximate surface area is 181 Å². The number of nitrogens with zero attached hydrogens (tertiary/aromatic N) is 4. The number of amides is 1. The summed E-state index contributed by atoms with van der Waals surface area (Å²) in [6.45, 7) is -0.852. The van der Waals surface area contributed by atoms with Crippen LogP contribution in [0.1, 0.15) is 20.0 Å². The number of pyridine rings is 3. The first-order valence-electron chi connectivity index (χ1n) is 10.6. The number of hydrogen-bond acceptors (Lipinski definition) is 7. The molecule has 158 valence electrons. The fraction of sp³-hybridized carbons (Fsp3) is 0.143. The van der Waals surface area contributed by atoms with Crippen LogP contribution in [0.15, 0.2) is 49.1 Å². The van der Waals surface area contributed by atoms with Gasteiger partial charge in [-0.15, -0.1) is 0 Å². The van der Waals surface area contributed by atoms with E-state index in [4.69, 9.17) is 8.85 Å². The third-order valence-corrected chi connectivity index (χ3v) is 4.56. The molecule has 0 spiro atoms. The lowest BCUT2D eigenvalue weighted by Gasteiger charge is -2.17. The molecule has 4 heterocycles. The number of ether oxygens (including phenoxy) is 1. The minimum atomic E-state index is -2.74. The number of rotatable bonds is 6. The number of methoxy groups -OCH3 is 1. The molecule has 31 heavy (non-hydrogen) atoms. The number of carbonyl (C=O) groups excluding carboxylic acids is 1. The van der Waals surface area contributed by atoms with Gasteiger partial charge in [0, 0.05) is 23.5 Å². The normalized spacial score (nSPS) is 12.5. The van der Waals surface area contributed by atoms with Gasteiger partial charge in [-0.3, -0.25) is 4.79 Å². The van der Waals surface area contributed by atoms with Crippen molar-refractivity contribution in [2.75, 3.05) is 24.7 Å². The SMILES string of the molecule is [2H]C([2H])([2H])NC(=O)c1c(Nc2ccn3ncc(C)c3c2OC)ccnc1Nc1ccc(F)cn1. The molecule has 0 aromatic carbocycles. The van der Waals surface area contributed by atoms with Crippen molar-refractivity contribution >= 4 is 34.4 Å². The van der Waals surface area contributed by atoms with Gasteiger partial charge < -0.3 is 20.7 Å². The van der Waals surface area contributed by atoms with Gasteiger partial charge in [-0.25, -0.2) is 18.9 Å². The molecule has 0 saturated heterocycles. The minimum Gasteiger partial charge on any atom is -0.492 e. The predicted molar refractivity (Wildman–Crippen MR) is 115 cm³/mol. The summed E-state index contributed by atoms with van der Waals surface area (Å²) in [6.07, 6.45) is 5.84. The Bertz CT molecular complexity index is 1360. The summed E-state index contributed by atoms with van der Waals surface area (Å²) in [5.74, 6) is -0.728. The minimum absolute atomic E-state index is 0.0198. The molecular weight excluding hydrogens is 401 g/mol. The largest absolute Gasteiger partial charge is 0.492 e. The van der Waals surface area contributed by atoms with Crippen LogP contribution in [0.3, 0.4) is 0 Å². The molecule has 4 aromatic heterocycles. The molecule has 0 fully saturated rings. The molecule has 0 bridgehead atoms. The molecule has 0 saturated carbocycles. The first kappa shape index (κ1) is 16.6. The van der Waals surface area contributed by atoms with Crippen molar-refractivity contribution < 1.29 is 18.0 Å². The summed E-state index contributed by atoms with van der Waals surface area (Å²) in [5.41, 5.74) is 2.28. The van der Waals surface area contributed by atoms with Crippen molar-refractivity contribution in [3.63, 3.8) is 0 Å². The molecule has 0 radical (unpaired) electrons. The van der Waals surface area contributed by atoms with Crippen LogP contribution in [0, 0.1) is 12.7 Å². The van der Waals surface area contributed by atoms with Crippen molar-refractivity contribution in [1.29, 1.82) is 0 Å². The average Bonchev–Trinajstić information content (AvgIpc) is 3.15. The van der Waals surface area contributed by atoms with E-state index in [0.29, 0.717) is 11.4 Å². The van der Waals surface area contributed by atoms with Crippen molar-refractivity contribution in [2.24, 2.45) is 0 Å². The number of aromatic nitrogens is 4. The maximum atomic E-state index is 13.3. The monoisotopic (exact) mass is 424 g/mol. The van der Waals surface area contributed by atoms with Crippen LogP contribution >= 0.6 is 0 Å². The first-order chi connectivity index (χ1) is 16.2. The fourth-order valence-electron chi connectivity index (χ4n) is 3.17. The molecule has 0 unspecified atom stereocenters. The smallest absolute Gasteiger partial charge is 0.256 e. The van der Waals surface area contributed by atoms with Crippen molar-refractivity contribution in [1.82, 2.24) is 24.9 Å². The van der Waals surface area contributed by atoms with Crippen molar-refractivity contribution in [3.05, 3.63) is 66.0 Å². The van der Waals surface area contributed by atoms with Crippen molar-refractivity contribution in [3.8, 4) is 5.75 Å². The van der Waals surface area contributed by atoms with Gasteiger partial charge in [0.2, 0.25) is 0 Å². The summed E-state index contributed by atoms with van der Waals surface area (Å²) in [7, 11) is 1.51. The molecule has 0 atom stereocenters. The van der Waals surface area contributed by atoms with E-state index < -0.39 is 18.7 Å². The molecule has 1 amide bonds. The van der Waals surface area contributed by atoms with Crippen LogP contribution in [-0.2, 0) is 0 Å². The van der Waals surface area contributed by atoms with Crippen LogP contribution in [0.2, 0.25) is 0 Å². The Morgan fingerprint density at radius 1 is 1.16 bits per heavy atom. The average molecular weight is 424 g/mol. The zero-order chi connectivity index (χ0) is 24.5. The lowest BCUT2D eigenvalue weighted by Crippen LogP contribution is -2.21. The topological polar surface area (TPSA) is 105 Å². The second-order valence-corrected chi connectivity index (χ2v) is 6.53. The van der Waals surface area contributed by atoms with Gasteiger partial charge in [0.15, 0.2) is 5.75 Å². The quantitative estimate of drug-likeness (QED) is 0.435. The molecule has 4 rings (SSSR count). The Hall–Kier alpha value is -4.21. The third-order valence-electron chi connectivity index (χ3n) is 4.56. The summed E-state index contributed by atoms with van der Waals surface area (Å²) in [6, 6.07) is 5.78. The van der Waals surface area contributed by atoms with Crippen molar-refractivity contribution in [2.45, 2.75) is 6.92 Å². The molecular formula is C21H20FN7O2. The molecule has 10 heteroatoms. The third kappa shape index (κ3) is 3.82. The van der Waals surface area contributed by atoms with E-state index in [1.165, 1.54) is 31.5 Å². The predicted octanol–water partition coefficient (Wildman–Crippen LogP) is 3.43. The number of fused-ring (bicyclic) bond motifs is 1. The zero-order valence-electron chi connectivity index (χ0n) is 19.6. The summed E-state index contributed by atoms with van der Waals surface area (Å²) in [4.78, 5) is 21.1. The Morgan fingerprint density at radius 3 is 2.77 bits per heavy atom. The lowest BCUT2D eigenvalue weighted by atomic mass is 10.1. The highest BCUT2D eigenvalue weighted by Gasteiger charge is 2.20. The van der Waals surface area contributed by atoms with Gasteiger partial charge in [0.25, 0.3) is 5.91 Å². The standard InChI is InChI=1S/C21H20FN7O2/c1-12-10-26-29-9-7-15(19(31-3)18(12)29)27-14-6-8-24-20(17(14)21(30)23-2)28-16-5-4-13(22)11-25-16/h4-11H,1-3H3,(H,23,30)(H2,24,25,27,28)/i2D3. The molecule has 3 N–H and O–H groups in total. The number of nitrogens with one attached hydrogen (secondary N) is 3. The van der Waals surface area contributed by atoms with E-state index in [0.717, 1.165) is 17.3 Å². The molecule has 9 nitrogen and oxygen atoms in total. The molecule has 0 aliphatic heterocycles. The van der Waals surface area contributed by atoms with Gasteiger partial charge >= 0.3 is 0 Å². The van der Waals surface area contributed by atoms with E-state index in [1.54, 1.807) is 23.0 Å². The van der Waals surface area contributed by atoms with E-state index in [9.17, 15) is 9.18 Å². The number of anilines is 4. The van der Waals surface area contributed by atoms with Crippen LogP contribution in [-0.4, -0.2) is 39.6 Å². The Balaban J connectivity index is 1.80.